The predicted octanol–water partition coefficient (Wildman–Crippen LogP) is 3.13. The third kappa shape index (κ3) is 4.99. The van der Waals surface area contributed by atoms with Gasteiger partial charge in [-0.1, -0.05) is 25.4 Å². The van der Waals surface area contributed by atoms with E-state index >= 15 is 0 Å². The molecule has 0 bridgehead atoms. The van der Waals surface area contributed by atoms with Crippen LogP contribution in [0.1, 0.15) is 69.7 Å². The minimum atomic E-state index is 0. The van der Waals surface area contributed by atoms with E-state index in [1.54, 1.807) is 0 Å². The van der Waals surface area contributed by atoms with Crippen LogP contribution in [0.3, 0.4) is 0 Å². The molecular formula is C16H28ClN3O2. The van der Waals surface area contributed by atoms with Crippen LogP contribution in [-0.4, -0.2) is 17.1 Å². The Morgan fingerprint density at radius 1 is 1.45 bits per heavy atom. The maximum Gasteiger partial charge on any atom is 0.223 e. The van der Waals surface area contributed by atoms with Gasteiger partial charge in [0, 0.05) is 23.9 Å². The van der Waals surface area contributed by atoms with Crippen molar-refractivity contribution in [3.05, 3.63) is 17.5 Å². The molecule has 22 heavy (non-hydrogen) atoms. The Bertz CT molecular complexity index is 460. The fraction of sp³-hybridized carbons (Fsp3) is 0.750. The summed E-state index contributed by atoms with van der Waals surface area (Å²) in [4.78, 5) is 12.1. The van der Waals surface area contributed by atoms with E-state index < -0.39 is 0 Å². The number of carbonyl (C=O) groups excluding carboxylic acids is 1. The summed E-state index contributed by atoms with van der Waals surface area (Å²) in [6.45, 7) is 4.71. The van der Waals surface area contributed by atoms with Crippen molar-refractivity contribution in [3.8, 4) is 0 Å². The first-order chi connectivity index (χ1) is 10.1. The average molecular weight is 330 g/mol. The molecule has 1 aliphatic carbocycles. The van der Waals surface area contributed by atoms with Crippen LogP contribution >= 0.6 is 12.4 Å². The number of amides is 1. The number of nitrogens with zero attached hydrogens (tertiary/aromatic N) is 1. The molecule has 2 rings (SSSR count). The van der Waals surface area contributed by atoms with Crippen LogP contribution in [0.25, 0.3) is 0 Å². The highest BCUT2D eigenvalue weighted by Gasteiger charge is 2.25. The number of nitrogens with one attached hydrogen (secondary N) is 1. The molecule has 3 N–H and O–H groups in total. The van der Waals surface area contributed by atoms with Gasteiger partial charge in [0.15, 0.2) is 5.76 Å². The number of carbonyl (C=O) groups is 1. The fourth-order valence-corrected chi connectivity index (χ4v) is 3.10. The molecule has 1 saturated carbocycles. The smallest absolute Gasteiger partial charge is 0.223 e. The van der Waals surface area contributed by atoms with Crippen molar-refractivity contribution < 1.29 is 9.32 Å². The molecule has 1 heterocycles. The third-order valence-electron chi connectivity index (χ3n) is 4.50. The zero-order valence-electron chi connectivity index (χ0n) is 13.5. The van der Waals surface area contributed by atoms with E-state index in [9.17, 15) is 4.79 Å². The van der Waals surface area contributed by atoms with Crippen molar-refractivity contribution in [2.24, 2.45) is 11.7 Å². The van der Waals surface area contributed by atoms with Crippen LogP contribution in [0, 0.1) is 5.92 Å². The number of rotatable bonds is 6. The highest BCUT2D eigenvalue weighted by Crippen LogP contribution is 2.24. The molecule has 126 valence electrons. The summed E-state index contributed by atoms with van der Waals surface area (Å²) in [5, 5.41) is 7.06. The SMILES string of the molecule is CCC(CC)c1cc(CNC(=O)C2CCCC(N)C2)on1.Cl. The number of hydrogen-bond acceptors (Lipinski definition) is 4. The summed E-state index contributed by atoms with van der Waals surface area (Å²) < 4.78 is 5.32. The van der Waals surface area contributed by atoms with E-state index in [1.807, 2.05) is 6.07 Å². The van der Waals surface area contributed by atoms with Crippen LogP contribution in [0.4, 0.5) is 0 Å². The van der Waals surface area contributed by atoms with Gasteiger partial charge in [0.05, 0.1) is 12.2 Å². The number of nitrogens with two attached hydrogens (primary N) is 1. The fourth-order valence-electron chi connectivity index (χ4n) is 3.10. The summed E-state index contributed by atoms with van der Waals surface area (Å²) in [6.07, 6.45) is 5.91. The lowest BCUT2D eigenvalue weighted by Gasteiger charge is -2.25. The zero-order valence-corrected chi connectivity index (χ0v) is 14.3. The van der Waals surface area contributed by atoms with Gasteiger partial charge in [-0.2, -0.15) is 0 Å². The van der Waals surface area contributed by atoms with E-state index in [4.69, 9.17) is 10.3 Å². The molecule has 0 aliphatic heterocycles. The first-order valence-corrected chi connectivity index (χ1v) is 8.12. The molecule has 0 aromatic carbocycles. The number of halogens is 1. The highest BCUT2D eigenvalue weighted by molar-refractivity contribution is 5.85. The topological polar surface area (TPSA) is 81.2 Å². The lowest BCUT2D eigenvalue weighted by Crippen LogP contribution is -2.37. The molecule has 0 spiro atoms. The maximum atomic E-state index is 12.1. The first kappa shape index (κ1) is 19.0. The summed E-state index contributed by atoms with van der Waals surface area (Å²) in [5.74, 6) is 1.31. The normalized spacial score (nSPS) is 21.5. The third-order valence-corrected chi connectivity index (χ3v) is 4.50. The molecule has 2 atom stereocenters. The van der Waals surface area contributed by atoms with Crippen molar-refractivity contribution in [3.63, 3.8) is 0 Å². The standard InChI is InChI=1S/C16H27N3O2.ClH/c1-3-11(4-2)15-9-14(21-19-15)10-18-16(20)12-6-5-7-13(17)8-12;/h9,11-13H,3-8,10,17H2,1-2H3,(H,18,20);1H. The molecule has 1 fully saturated rings. The average Bonchev–Trinajstić information content (AvgIpc) is 2.95. The summed E-state index contributed by atoms with van der Waals surface area (Å²) >= 11 is 0. The maximum absolute atomic E-state index is 12.1. The second kappa shape index (κ2) is 9.16. The number of hydrogen-bond donors (Lipinski definition) is 2. The predicted molar refractivity (Wildman–Crippen MR) is 88.9 cm³/mol. The number of aromatic nitrogens is 1. The Balaban J connectivity index is 0.00000242. The Hall–Kier alpha value is -1.07. The van der Waals surface area contributed by atoms with Crippen molar-refractivity contribution in [2.45, 2.75) is 70.9 Å². The molecule has 0 radical (unpaired) electrons. The van der Waals surface area contributed by atoms with Gasteiger partial charge < -0.3 is 15.6 Å². The van der Waals surface area contributed by atoms with Gasteiger partial charge in [0.25, 0.3) is 0 Å². The van der Waals surface area contributed by atoms with Crippen LogP contribution < -0.4 is 11.1 Å². The Kier molecular flexibility index (Phi) is 7.90. The molecule has 1 aliphatic rings. The Morgan fingerprint density at radius 3 is 2.82 bits per heavy atom. The molecule has 0 saturated heterocycles. The quantitative estimate of drug-likeness (QED) is 0.840. The lowest BCUT2D eigenvalue weighted by molar-refractivity contribution is -0.126. The van der Waals surface area contributed by atoms with Gasteiger partial charge in [-0.25, -0.2) is 0 Å². The van der Waals surface area contributed by atoms with Crippen LogP contribution in [0.2, 0.25) is 0 Å². The van der Waals surface area contributed by atoms with Gasteiger partial charge in [0.2, 0.25) is 5.91 Å². The first-order valence-electron chi connectivity index (χ1n) is 8.12. The molecular weight excluding hydrogens is 302 g/mol. The van der Waals surface area contributed by atoms with E-state index in [1.165, 1.54) is 0 Å². The minimum absolute atomic E-state index is 0. The largest absolute Gasteiger partial charge is 0.359 e. The minimum Gasteiger partial charge on any atom is -0.359 e. The molecule has 6 heteroatoms. The monoisotopic (exact) mass is 329 g/mol. The van der Waals surface area contributed by atoms with E-state index in [-0.39, 0.29) is 30.3 Å². The Morgan fingerprint density at radius 2 is 2.18 bits per heavy atom. The van der Waals surface area contributed by atoms with Crippen LogP contribution in [0.5, 0.6) is 0 Å². The van der Waals surface area contributed by atoms with E-state index in [0.29, 0.717) is 12.5 Å². The zero-order chi connectivity index (χ0) is 15.2. The molecule has 1 amide bonds. The lowest BCUT2D eigenvalue weighted by atomic mass is 9.85. The van der Waals surface area contributed by atoms with Gasteiger partial charge in [0.1, 0.15) is 0 Å². The molecule has 1 aromatic heterocycles. The summed E-state index contributed by atoms with van der Waals surface area (Å²) in [7, 11) is 0. The van der Waals surface area contributed by atoms with Gasteiger partial charge in [-0.3, -0.25) is 4.79 Å². The van der Waals surface area contributed by atoms with Gasteiger partial charge in [-0.05, 0) is 32.1 Å². The Labute approximate surface area is 138 Å². The second-order valence-corrected chi connectivity index (χ2v) is 6.07. The van der Waals surface area contributed by atoms with Gasteiger partial charge >= 0.3 is 0 Å². The van der Waals surface area contributed by atoms with Crippen molar-refractivity contribution in [1.29, 1.82) is 0 Å². The van der Waals surface area contributed by atoms with Crippen molar-refractivity contribution in [1.82, 2.24) is 10.5 Å². The second-order valence-electron chi connectivity index (χ2n) is 6.07. The van der Waals surface area contributed by atoms with Crippen LogP contribution in [-0.2, 0) is 11.3 Å². The van der Waals surface area contributed by atoms with E-state index in [0.717, 1.165) is 50.0 Å². The van der Waals surface area contributed by atoms with Gasteiger partial charge in [-0.15, -0.1) is 12.4 Å². The summed E-state index contributed by atoms with van der Waals surface area (Å²) in [6, 6.07) is 2.13. The van der Waals surface area contributed by atoms with Crippen molar-refractivity contribution >= 4 is 18.3 Å². The molecule has 5 nitrogen and oxygen atoms in total. The molecule has 1 aromatic rings. The van der Waals surface area contributed by atoms with Crippen LogP contribution in [0.15, 0.2) is 10.6 Å². The molecule has 2 unspecified atom stereocenters. The van der Waals surface area contributed by atoms with Crippen molar-refractivity contribution in [2.75, 3.05) is 0 Å². The highest BCUT2D eigenvalue weighted by atomic mass is 35.5. The van der Waals surface area contributed by atoms with E-state index in [2.05, 4.69) is 24.3 Å². The summed E-state index contributed by atoms with van der Waals surface area (Å²) in [5.41, 5.74) is 6.92.